The fourth-order valence-corrected chi connectivity index (χ4v) is 3.91. The summed E-state index contributed by atoms with van der Waals surface area (Å²) in [6, 6.07) is 1.78. The maximum Gasteiger partial charge on any atom is 0.200 e. The largest absolute Gasteiger partial charge is 0.504 e. The summed E-state index contributed by atoms with van der Waals surface area (Å²) in [6.45, 7) is 7.28. The van der Waals surface area contributed by atoms with Gasteiger partial charge in [0.05, 0.1) is 6.61 Å². The summed E-state index contributed by atoms with van der Waals surface area (Å²) >= 11 is 0. The smallest absolute Gasteiger partial charge is 0.200 e. The van der Waals surface area contributed by atoms with Crippen LogP contribution in [0, 0.1) is 0 Å². The Labute approximate surface area is 179 Å². The van der Waals surface area contributed by atoms with Crippen LogP contribution in [0.1, 0.15) is 122 Å². The van der Waals surface area contributed by atoms with Crippen molar-refractivity contribution in [3.8, 4) is 17.2 Å². The molecule has 1 aromatic carbocycles. The van der Waals surface area contributed by atoms with Crippen LogP contribution in [0.4, 0.5) is 0 Å². The first-order chi connectivity index (χ1) is 14.2. The molecule has 0 bridgehead atoms. The van der Waals surface area contributed by atoms with E-state index in [1.165, 1.54) is 64.2 Å². The first-order valence-electron chi connectivity index (χ1n) is 12.3. The normalized spacial score (nSPS) is 11.1. The highest BCUT2D eigenvalue weighted by molar-refractivity contribution is 5.58. The van der Waals surface area contributed by atoms with Gasteiger partial charge >= 0.3 is 0 Å². The zero-order valence-electron chi connectivity index (χ0n) is 19.4. The zero-order chi connectivity index (χ0) is 21.3. The Hall–Kier alpha value is -1.38. The molecule has 0 spiro atoms. The number of phenols is 2. The number of phenolic OH excluding ortho intramolecular Hbond substituents is 2. The number of ether oxygens (including phenoxy) is 1. The van der Waals surface area contributed by atoms with Gasteiger partial charge < -0.3 is 14.9 Å². The molecule has 0 aromatic heterocycles. The van der Waals surface area contributed by atoms with Crippen molar-refractivity contribution in [1.29, 1.82) is 0 Å². The molecule has 2 N–H and O–H groups in total. The minimum absolute atomic E-state index is 0.0353. The Kier molecular flexibility index (Phi) is 14.5. The minimum Gasteiger partial charge on any atom is -0.504 e. The van der Waals surface area contributed by atoms with Crippen molar-refractivity contribution < 1.29 is 14.9 Å². The number of benzene rings is 1. The highest BCUT2D eigenvalue weighted by Crippen LogP contribution is 2.42. The first kappa shape index (κ1) is 25.7. The average Bonchev–Trinajstić information content (AvgIpc) is 2.72. The van der Waals surface area contributed by atoms with Crippen molar-refractivity contribution in [2.45, 2.75) is 124 Å². The average molecular weight is 407 g/mol. The van der Waals surface area contributed by atoms with E-state index in [0.29, 0.717) is 12.4 Å². The van der Waals surface area contributed by atoms with Gasteiger partial charge in [-0.1, -0.05) is 91.4 Å². The molecule has 0 heterocycles. The molecule has 0 unspecified atom stereocenters. The molecule has 1 aromatic rings. The maximum atomic E-state index is 10.5. The highest BCUT2D eigenvalue weighted by atomic mass is 16.5. The van der Waals surface area contributed by atoms with Crippen LogP contribution in [0.5, 0.6) is 17.2 Å². The maximum absolute atomic E-state index is 10.5. The molecule has 0 amide bonds. The van der Waals surface area contributed by atoms with Crippen LogP contribution < -0.4 is 4.74 Å². The van der Waals surface area contributed by atoms with Crippen molar-refractivity contribution in [2.24, 2.45) is 0 Å². The third-order valence-electron chi connectivity index (χ3n) is 5.75. The number of rotatable bonds is 18. The van der Waals surface area contributed by atoms with Crippen LogP contribution in [0.2, 0.25) is 0 Å². The molecule has 0 saturated heterocycles. The molecule has 3 heteroatoms. The van der Waals surface area contributed by atoms with Crippen molar-refractivity contribution >= 4 is 0 Å². The van der Waals surface area contributed by atoms with Crippen LogP contribution in [0.15, 0.2) is 6.07 Å². The van der Waals surface area contributed by atoms with E-state index in [1.54, 1.807) is 6.07 Å². The van der Waals surface area contributed by atoms with Gasteiger partial charge in [0.2, 0.25) is 5.75 Å². The minimum atomic E-state index is -0.0706. The fraction of sp³-hybridized carbons (Fsp3) is 0.769. The molecule has 168 valence electrons. The van der Waals surface area contributed by atoms with Crippen LogP contribution in [-0.2, 0) is 12.8 Å². The zero-order valence-corrected chi connectivity index (χ0v) is 19.4. The molecule has 0 aliphatic heterocycles. The molecule has 0 aliphatic carbocycles. The van der Waals surface area contributed by atoms with E-state index < -0.39 is 0 Å². The molecule has 29 heavy (non-hydrogen) atoms. The van der Waals surface area contributed by atoms with E-state index in [1.807, 2.05) is 0 Å². The van der Waals surface area contributed by atoms with Crippen molar-refractivity contribution in [2.75, 3.05) is 6.61 Å². The quantitative estimate of drug-likeness (QED) is 0.191. The topological polar surface area (TPSA) is 49.7 Å². The lowest BCUT2D eigenvalue weighted by molar-refractivity contribution is 0.279. The number of aromatic hydroxyl groups is 2. The van der Waals surface area contributed by atoms with E-state index in [2.05, 4.69) is 20.8 Å². The Bertz CT molecular complexity index is 539. The summed E-state index contributed by atoms with van der Waals surface area (Å²) in [6.07, 6.45) is 18.7. The second-order valence-corrected chi connectivity index (χ2v) is 8.45. The van der Waals surface area contributed by atoms with E-state index >= 15 is 0 Å². The van der Waals surface area contributed by atoms with E-state index in [0.717, 1.165) is 49.7 Å². The number of hydrogen-bond donors (Lipinski definition) is 2. The molecule has 0 aliphatic rings. The van der Waals surface area contributed by atoms with Gasteiger partial charge in [0.15, 0.2) is 11.5 Å². The SMILES string of the molecule is CCCCCCCc1cc(O)c(O)c(OCCCCCC)c1CCCCCCC. The van der Waals surface area contributed by atoms with Crippen LogP contribution in [0.3, 0.4) is 0 Å². The standard InChI is InChI=1S/C26H46O3/c1-4-7-10-13-15-18-22-21-24(27)25(28)26(29-20-17-12-9-6-3)23(22)19-16-14-11-8-5-2/h21,27-28H,4-20H2,1-3H3. The summed E-state index contributed by atoms with van der Waals surface area (Å²) in [5.74, 6) is 0.436. The van der Waals surface area contributed by atoms with Crippen molar-refractivity contribution in [3.63, 3.8) is 0 Å². The molecule has 0 saturated carbocycles. The molecular weight excluding hydrogens is 360 g/mol. The summed E-state index contributed by atoms with van der Waals surface area (Å²) in [5, 5.41) is 20.8. The molecule has 0 fully saturated rings. The highest BCUT2D eigenvalue weighted by Gasteiger charge is 2.18. The van der Waals surface area contributed by atoms with E-state index in [-0.39, 0.29) is 11.5 Å². The van der Waals surface area contributed by atoms with Crippen molar-refractivity contribution in [3.05, 3.63) is 17.2 Å². The molecule has 0 radical (unpaired) electrons. The van der Waals surface area contributed by atoms with Gasteiger partial charge in [-0.05, 0) is 43.7 Å². The third kappa shape index (κ3) is 10.3. The van der Waals surface area contributed by atoms with Gasteiger partial charge in [-0.3, -0.25) is 0 Å². The second kappa shape index (κ2) is 16.4. The monoisotopic (exact) mass is 406 g/mol. The van der Waals surface area contributed by atoms with Gasteiger partial charge in [-0.2, -0.15) is 0 Å². The number of hydrogen-bond acceptors (Lipinski definition) is 3. The lowest BCUT2D eigenvalue weighted by Gasteiger charge is -2.18. The predicted octanol–water partition coefficient (Wildman–Crippen LogP) is 8.08. The van der Waals surface area contributed by atoms with Crippen LogP contribution in [0.25, 0.3) is 0 Å². The van der Waals surface area contributed by atoms with Gasteiger partial charge in [0.1, 0.15) is 0 Å². The van der Waals surface area contributed by atoms with E-state index in [9.17, 15) is 10.2 Å². The van der Waals surface area contributed by atoms with Gasteiger partial charge in [0, 0.05) is 5.56 Å². The summed E-state index contributed by atoms with van der Waals surface area (Å²) in [4.78, 5) is 0. The fourth-order valence-electron chi connectivity index (χ4n) is 3.91. The first-order valence-corrected chi connectivity index (χ1v) is 12.3. The molecule has 0 atom stereocenters. The molecule has 3 nitrogen and oxygen atoms in total. The second-order valence-electron chi connectivity index (χ2n) is 8.45. The summed E-state index contributed by atoms with van der Waals surface area (Å²) < 4.78 is 6.05. The lowest BCUT2D eigenvalue weighted by Crippen LogP contribution is -2.05. The number of aryl methyl sites for hydroxylation is 1. The molecule has 1 rings (SSSR count). The Balaban J connectivity index is 2.85. The number of unbranched alkanes of at least 4 members (excludes halogenated alkanes) is 11. The lowest BCUT2D eigenvalue weighted by atomic mass is 9.94. The van der Waals surface area contributed by atoms with E-state index in [4.69, 9.17) is 4.74 Å². The van der Waals surface area contributed by atoms with Crippen LogP contribution >= 0.6 is 0 Å². The summed E-state index contributed by atoms with van der Waals surface area (Å²) in [5.41, 5.74) is 2.29. The Morgan fingerprint density at radius 2 is 1.17 bits per heavy atom. The Morgan fingerprint density at radius 3 is 1.76 bits per heavy atom. The third-order valence-corrected chi connectivity index (χ3v) is 5.75. The Morgan fingerprint density at radius 1 is 0.655 bits per heavy atom. The molecular formula is C26H46O3. The van der Waals surface area contributed by atoms with Gasteiger partial charge in [0.25, 0.3) is 0 Å². The predicted molar refractivity (Wildman–Crippen MR) is 124 cm³/mol. The van der Waals surface area contributed by atoms with Gasteiger partial charge in [-0.15, -0.1) is 0 Å². The van der Waals surface area contributed by atoms with Gasteiger partial charge in [-0.25, -0.2) is 0 Å². The van der Waals surface area contributed by atoms with Crippen LogP contribution in [-0.4, -0.2) is 16.8 Å². The van der Waals surface area contributed by atoms with Crippen molar-refractivity contribution in [1.82, 2.24) is 0 Å². The summed E-state index contributed by atoms with van der Waals surface area (Å²) in [7, 11) is 0.